The standard InChI is InChI=1S/C19H22FN5O/c1-24-10-8-22-19(24)18-14(6-11-26-18)12-21-13-15-16(20)4-2-5-17(15)25-9-3-7-23-25/h2-5,7-10,14,18,21H,6,11-13H2,1H3/t14-,18+/m0/s1. The first-order chi connectivity index (χ1) is 12.7. The van der Waals surface area contributed by atoms with Gasteiger partial charge < -0.3 is 14.6 Å². The molecule has 0 saturated carbocycles. The van der Waals surface area contributed by atoms with Crippen molar-refractivity contribution in [3.05, 3.63) is 66.3 Å². The van der Waals surface area contributed by atoms with Crippen LogP contribution in [0.1, 0.15) is 23.9 Å². The number of aryl methyl sites for hydroxylation is 1. The highest BCUT2D eigenvalue weighted by atomic mass is 19.1. The van der Waals surface area contributed by atoms with Crippen molar-refractivity contribution in [1.82, 2.24) is 24.6 Å². The molecule has 1 aliphatic heterocycles. The van der Waals surface area contributed by atoms with Crippen molar-refractivity contribution in [2.75, 3.05) is 13.2 Å². The van der Waals surface area contributed by atoms with E-state index in [2.05, 4.69) is 15.4 Å². The predicted octanol–water partition coefficient (Wildman–Crippen LogP) is 2.61. The maximum absolute atomic E-state index is 14.4. The second-order valence-electron chi connectivity index (χ2n) is 6.56. The van der Waals surface area contributed by atoms with Crippen LogP contribution in [-0.2, 0) is 18.3 Å². The first-order valence-corrected chi connectivity index (χ1v) is 8.81. The minimum atomic E-state index is -0.228. The van der Waals surface area contributed by atoms with Gasteiger partial charge in [0.1, 0.15) is 17.7 Å². The Morgan fingerprint density at radius 1 is 1.27 bits per heavy atom. The summed E-state index contributed by atoms with van der Waals surface area (Å²) in [7, 11) is 1.98. The summed E-state index contributed by atoms with van der Waals surface area (Å²) in [6.07, 6.45) is 8.17. The molecule has 0 bridgehead atoms. The summed E-state index contributed by atoms with van der Waals surface area (Å²) >= 11 is 0. The van der Waals surface area contributed by atoms with Crippen molar-refractivity contribution in [3.63, 3.8) is 0 Å². The molecule has 0 amide bonds. The number of nitrogens with one attached hydrogen (secondary N) is 1. The van der Waals surface area contributed by atoms with Gasteiger partial charge in [-0.2, -0.15) is 5.10 Å². The van der Waals surface area contributed by atoms with Gasteiger partial charge in [0, 0.05) is 63.0 Å². The molecule has 3 aromatic rings. The van der Waals surface area contributed by atoms with E-state index in [1.807, 2.05) is 36.1 Å². The molecule has 6 nitrogen and oxygen atoms in total. The van der Waals surface area contributed by atoms with Gasteiger partial charge in [-0.3, -0.25) is 0 Å². The lowest BCUT2D eigenvalue weighted by atomic mass is 10.0. The Morgan fingerprint density at radius 3 is 2.96 bits per heavy atom. The molecule has 2 aromatic heterocycles. The number of nitrogens with zero attached hydrogens (tertiary/aromatic N) is 4. The highest BCUT2D eigenvalue weighted by molar-refractivity contribution is 5.41. The number of imidazole rings is 1. The average Bonchev–Trinajstić information content (AvgIpc) is 3.37. The third-order valence-corrected chi connectivity index (χ3v) is 4.88. The normalized spacial score (nSPS) is 19.9. The topological polar surface area (TPSA) is 56.9 Å². The third kappa shape index (κ3) is 3.27. The Hall–Kier alpha value is -2.51. The van der Waals surface area contributed by atoms with Crippen LogP contribution in [0.15, 0.2) is 49.1 Å². The molecule has 1 saturated heterocycles. The maximum Gasteiger partial charge on any atom is 0.137 e. The zero-order valence-electron chi connectivity index (χ0n) is 14.7. The molecular weight excluding hydrogens is 333 g/mol. The largest absolute Gasteiger partial charge is 0.370 e. The van der Waals surface area contributed by atoms with E-state index in [1.165, 1.54) is 6.07 Å². The fourth-order valence-electron chi connectivity index (χ4n) is 3.51. The third-order valence-electron chi connectivity index (χ3n) is 4.88. The van der Waals surface area contributed by atoms with E-state index in [1.54, 1.807) is 23.1 Å². The van der Waals surface area contributed by atoms with Crippen LogP contribution in [0.5, 0.6) is 0 Å². The molecule has 1 aliphatic rings. The van der Waals surface area contributed by atoms with Crippen LogP contribution < -0.4 is 5.32 Å². The lowest BCUT2D eigenvalue weighted by Crippen LogP contribution is -2.26. The molecule has 26 heavy (non-hydrogen) atoms. The van der Waals surface area contributed by atoms with Crippen molar-refractivity contribution in [1.29, 1.82) is 0 Å². The molecule has 0 radical (unpaired) electrons. The van der Waals surface area contributed by atoms with Gasteiger partial charge in [0.2, 0.25) is 0 Å². The number of hydrogen-bond acceptors (Lipinski definition) is 4. The quantitative estimate of drug-likeness (QED) is 0.738. The number of aromatic nitrogens is 4. The van der Waals surface area contributed by atoms with Crippen LogP contribution in [0.25, 0.3) is 5.69 Å². The second kappa shape index (κ2) is 7.39. The van der Waals surface area contributed by atoms with Crippen molar-refractivity contribution in [2.24, 2.45) is 13.0 Å². The predicted molar refractivity (Wildman–Crippen MR) is 95.2 cm³/mol. The number of hydrogen-bond donors (Lipinski definition) is 1. The van der Waals surface area contributed by atoms with Crippen LogP contribution in [0, 0.1) is 11.7 Å². The minimum absolute atomic E-state index is 0.0197. The summed E-state index contributed by atoms with van der Waals surface area (Å²) in [5.41, 5.74) is 1.37. The summed E-state index contributed by atoms with van der Waals surface area (Å²) in [6, 6.07) is 6.90. The zero-order valence-corrected chi connectivity index (χ0v) is 14.7. The summed E-state index contributed by atoms with van der Waals surface area (Å²) in [5.74, 6) is 1.03. The van der Waals surface area contributed by atoms with E-state index in [4.69, 9.17) is 4.74 Å². The number of halogens is 1. The molecule has 1 N–H and O–H groups in total. The van der Waals surface area contributed by atoms with Gasteiger partial charge in [-0.1, -0.05) is 6.07 Å². The molecule has 7 heteroatoms. The van der Waals surface area contributed by atoms with Crippen LogP contribution in [0.2, 0.25) is 0 Å². The zero-order chi connectivity index (χ0) is 17.9. The van der Waals surface area contributed by atoms with Crippen molar-refractivity contribution >= 4 is 0 Å². The molecule has 3 heterocycles. The molecule has 0 unspecified atom stereocenters. The number of benzene rings is 1. The monoisotopic (exact) mass is 355 g/mol. The minimum Gasteiger partial charge on any atom is -0.370 e. The molecule has 1 fully saturated rings. The van der Waals surface area contributed by atoms with Crippen molar-refractivity contribution < 1.29 is 9.13 Å². The van der Waals surface area contributed by atoms with Gasteiger partial charge in [0.15, 0.2) is 0 Å². The van der Waals surface area contributed by atoms with E-state index < -0.39 is 0 Å². The van der Waals surface area contributed by atoms with Gasteiger partial charge in [-0.25, -0.2) is 14.1 Å². The van der Waals surface area contributed by atoms with Gasteiger partial charge in [-0.05, 0) is 24.6 Å². The Kier molecular flexibility index (Phi) is 4.81. The molecule has 0 aliphatic carbocycles. The van der Waals surface area contributed by atoms with Gasteiger partial charge >= 0.3 is 0 Å². The van der Waals surface area contributed by atoms with E-state index >= 15 is 0 Å². The number of rotatable bonds is 6. The van der Waals surface area contributed by atoms with Crippen LogP contribution in [-0.4, -0.2) is 32.5 Å². The summed E-state index contributed by atoms with van der Waals surface area (Å²) in [6.45, 7) is 1.90. The number of ether oxygens (including phenoxy) is 1. The average molecular weight is 355 g/mol. The highest BCUT2D eigenvalue weighted by Crippen LogP contribution is 2.33. The van der Waals surface area contributed by atoms with Crippen LogP contribution in [0.4, 0.5) is 4.39 Å². The van der Waals surface area contributed by atoms with Gasteiger partial charge in [0.05, 0.1) is 5.69 Å². The maximum atomic E-state index is 14.4. The fraction of sp³-hybridized carbons (Fsp3) is 0.368. The second-order valence-corrected chi connectivity index (χ2v) is 6.56. The van der Waals surface area contributed by atoms with E-state index in [0.717, 1.165) is 31.1 Å². The van der Waals surface area contributed by atoms with E-state index in [0.29, 0.717) is 18.0 Å². The molecule has 1 aromatic carbocycles. The van der Waals surface area contributed by atoms with Gasteiger partial charge in [0.25, 0.3) is 0 Å². The van der Waals surface area contributed by atoms with E-state index in [9.17, 15) is 4.39 Å². The summed E-state index contributed by atoms with van der Waals surface area (Å²) in [5, 5.41) is 7.62. The summed E-state index contributed by atoms with van der Waals surface area (Å²) in [4.78, 5) is 4.41. The lowest BCUT2D eigenvalue weighted by Gasteiger charge is -2.19. The van der Waals surface area contributed by atoms with E-state index in [-0.39, 0.29) is 11.9 Å². The Morgan fingerprint density at radius 2 is 2.19 bits per heavy atom. The Balaban J connectivity index is 1.45. The molecule has 2 atom stereocenters. The molecule has 4 rings (SSSR count). The molecule has 136 valence electrons. The van der Waals surface area contributed by atoms with Crippen molar-refractivity contribution in [3.8, 4) is 5.69 Å². The first-order valence-electron chi connectivity index (χ1n) is 8.81. The molecule has 0 spiro atoms. The lowest BCUT2D eigenvalue weighted by molar-refractivity contribution is 0.0810. The Bertz CT molecular complexity index is 861. The highest BCUT2D eigenvalue weighted by Gasteiger charge is 2.32. The Labute approximate surface area is 151 Å². The first kappa shape index (κ1) is 16.9. The van der Waals surface area contributed by atoms with Gasteiger partial charge in [-0.15, -0.1) is 0 Å². The smallest absolute Gasteiger partial charge is 0.137 e. The van der Waals surface area contributed by atoms with Crippen LogP contribution in [0.3, 0.4) is 0 Å². The fourth-order valence-corrected chi connectivity index (χ4v) is 3.51. The van der Waals surface area contributed by atoms with Crippen molar-refractivity contribution in [2.45, 2.75) is 19.1 Å². The summed E-state index contributed by atoms with van der Waals surface area (Å²) < 4.78 is 24.0. The molecular formula is C19H22FN5O. The van der Waals surface area contributed by atoms with Crippen LogP contribution >= 0.6 is 0 Å². The SMILES string of the molecule is Cn1ccnc1[C@@H]1OCC[C@H]1CNCc1c(F)cccc1-n1cccn1.